The van der Waals surface area contributed by atoms with Crippen LogP contribution in [0.15, 0.2) is 60.7 Å². The van der Waals surface area contributed by atoms with Gasteiger partial charge in [-0.3, -0.25) is 0 Å². The van der Waals surface area contributed by atoms with Crippen LogP contribution in [0.4, 0.5) is 0 Å². The summed E-state index contributed by atoms with van der Waals surface area (Å²) < 4.78 is 0. The SMILES string of the molecule is CCCCCCc1cc2c(c(Cl)c1[Si]c1c(C)cc3c(c1Cl)Cc1ccccc1-3)Cc1ccccc1-2. The number of benzene rings is 4. The molecule has 0 atom stereocenters. The topological polar surface area (TPSA) is 0 Å². The van der Waals surface area contributed by atoms with E-state index >= 15 is 0 Å². The molecule has 0 nitrogen and oxygen atoms in total. The van der Waals surface area contributed by atoms with Crippen LogP contribution in [-0.4, -0.2) is 9.52 Å². The summed E-state index contributed by atoms with van der Waals surface area (Å²) in [6.45, 7) is 4.49. The fourth-order valence-corrected chi connectivity index (χ4v) is 8.29. The molecule has 0 amide bonds. The second-order valence-electron chi connectivity index (χ2n) is 10.3. The smallest absolute Gasteiger partial charge is 0.0841 e. The number of fused-ring (bicyclic) bond motifs is 6. The molecule has 0 saturated carbocycles. The molecule has 36 heavy (non-hydrogen) atoms. The summed E-state index contributed by atoms with van der Waals surface area (Å²) in [6, 6.07) is 22.3. The fraction of sp³-hybridized carbons (Fsp3) is 0.273. The zero-order chi connectivity index (χ0) is 24.8. The van der Waals surface area contributed by atoms with Gasteiger partial charge < -0.3 is 0 Å². The third-order valence-electron chi connectivity index (χ3n) is 7.91. The van der Waals surface area contributed by atoms with Crippen LogP contribution < -0.4 is 10.4 Å². The van der Waals surface area contributed by atoms with E-state index in [0.29, 0.717) is 9.52 Å². The van der Waals surface area contributed by atoms with Crippen molar-refractivity contribution < 1.29 is 0 Å². The standard InChI is InChI=1S/C33H30Cl2Si/c1-3-4-5-6-13-23-19-27-25-15-10-8-12-22(25)18-29(27)31(35)33(23)36-32-20(2)16-26-24-14-9-7-11-21(24)17-28(26)30(32)34/h7-12,14-16,19H,3-6,13,17-18H2,1-2H3. The minimum atomic E-state index is 0.461. The second-order valence-corrected chi connectivity index (χ2v) is 12.3. The lowest BCUT2D eigenvalue weighted by Crippen LogP contribution is -2.34. The first-order valence-corrected chi connectivity index (χ1v) is 14.9. The monoisotopic (exact) mass is 524 g/mol. The van der Waals surface area contributed by atoms with Gasteiger partial charge in [0.15, 0.2) is 0 Å². The average Bonchev–Trinajstić information content (AvgIpc) is 3.45. The molecule has 3 heteroatoms. The zero-order valence-corrected chi connectivity index (χ0v) is 23.5. The summed E-state index contributed by atoms with van der Waals surface area (Å²) in [4.78, 5) is 0. The highest BCUT2D eigenvalue weighted by Gasteiger charge is 2.28. The van der Waals surface area contributed by atoms with Gasteiger partial charge in [-0.25, -0.2) is 0 Å². The van der Waals surface area contributed by atoms with Gasteiger partial charge in [-0.2, -0.15) is 0 Å². The molecule has 4 aromatic carbocycles. The van der Waals surface area contributed by atoms with Gasteiger partial charge in [-0.1, -0.05) is 110 Å². The lowest BCUT2D eigenvalue weighted by atomic mass is 9.99. The van der Waals surface area contributed by atoms with Gasteiger partial charge in [0.1, 0.15) is 9.52 Å². The number of rotatable bonds is 7. The van der Waals surface area contributed by atoms with Crippen LogP contribution >= 0.6 is 23.2 Å². The highest BCUT2D eigenvalue weighted by Crippen LogP contribution is 2.42. The predicted octanol–water partition coefficient (Wildman–Crippen LogP) is 8.22. The molecule has 0 fully saturated rings. The maximum atomic E-state index is 7.30. The largest absolute Gasteiger partial charge is 0.126 e. The van der Waals surface area contributed by atoms with Crippen molar-refractivity contribution in [3.8, 4) is 22.3 Å². The van der Waals surface area contributed by atoms with Gasteiger partial charge in [-0.15, -0.1) is 0 Å². The Labute approximate surface area is 227 Å². The summed E-state index contributed by atoms with van der Waals surface area (Å²) in [6.07, 6.45) is 7.91. The van der Waals surface area contributed by atoms with E-state index in [4.69, 9.17) is 23.2 Å². The second kappa shape index (κ2) is 9.86. The Morgan fingerprint density at radius 1 is 0.694 bits per heavy atom. The lowest BCUT2D eigenvalue weighted by molar-refractivity contribution is 0.668. The average molecular weight is 526 g/mol. The van der Waals surface area contributed by atoms with Crippen LogP contribution in [0.2, 0.25) is 10.0 Å². The highest BCUT2D eigenvalue weighted by atomic mass is 35.5. The van der Waals surface area contributed by atoms with Crippen LogP contribution in [0.5, 0.6) is 0 Å². The fourth-order valence-electron chi connectivity index (χ4n) is 6.00. The van der Waals surface area contributed by atoms with Crippen LogP contribution in [0.25, 0.3) is 22.3 Å². The first kappa shape index (κ1) is 24.0. The molecule has 2 radical (unpaired) electrons. The Morgan fingerprint density at radius 2 is 1.28 bits per heavy atom. The highest BCUT2D eigenvalue weighted by molar-refractivity contribution is 6.73. The minimum absolute atomic E-state index is 0.461. The molecule has 0 unspecified atom stereocenters. The molecule has 0 spiro atoms. The molecule has 0 bridgehead atoms. The van der Waals surface area contributed by atoms with Gasteiger partial charge >= 0.3 is 0 Å². The van der Waals surface area contributed by atoms with Crippen molar-refractivity contribution in [2.75, 3.05) is 0 Å². The predicted molar refractivity (Wildman–Crippen MR) is 157 cm³/mol. The lowest BCUT2D eigenvalue weighted by Gasteiger charge is -2.19. The van der Waals surface area contributed by atoms with Crippen molar-refractivity contribution in [1.29, 1.82) is 0 Å². The first-order chi connectivity index (χ1) is 17.6. The molecule has 0 heterocycles. The van der Waals surface area contributed by atoms with Gasteiger partial charge in [0.25, 0.3) is 0 Å². The Hall–Kier alpha value is -2.32. The summed E-state index contributed by atoms with van der Waals surface area (Å²) in [5, 5.41) is 4.47. The van der Waals surface area contributed by atoms with Gasteiger partial charge in [0.2, 0.25) is 0 Å². The molecule has 0 aromatic heterocycles. The van der Waals surface area contributed by atoms with Gasteiger partial charge in [0.05, 0.1) is 0 Å². The normalized spacial score (nSPS) is 12.9. The maximum absolute atomic E-state index is 7.30. The molecule has 0 N–H and O–H groups in total. The maximum Gasteiger partial charge on any atom is 0.126 e. The van der Waals surface area contributed by atoms with E-state index in [9.17, 15) is 0 Å². The van der Waals surface area contributed by atoms with Crippen LogP contribution in [0.3, 0.4) is 0 Å². The number of unbranched alkanes of at least 4 members (excludes halogenated alkanes) is 3. The first-order valence-electron chi connectivity index (χ1n) is 13.2. The van der Waals surface area contributed by atoms with Crippen molar-refractivity contribution in [2.24, 2.45) is 0 Å². The van der Waals surface area contributed by atoms with Crippen molar-refractivity contribution in [3.63, 3.8) is 0 Å². The summed E-state index contributed by atoms with van der Waals surface area (Å²) in [5.74, 6) is 0. The molecule has 2 aliphatic carbocycles. The van der Waals surface area contributed by atoms with Gasteiger partial charge in [-0.05, 0) is 85.8 Å². The minimum Gasteiger partial charge on any atom is -0.0841 e. The van der Waals surface area contributed by atoms with Gasteiger partial charge in [0, 0.05) is 22.9 Å². The number of hydrogen-bond donors (Lipinski definition) is 0. The Balaban J connectivity index is 1.43. The zero-order valence-electron chi connectivity index (χ0n) is 21.0. The summed E-state index contributed by atoms with van der Waals surface area (Å²) in [7, 11) is 0.461. The Kier molecular flexibility index (Phi) is 6.58. The Bertz CT molecular complexity index is 1480. The number of aryl methyl sites for hydroxylation is 2. The van der Waals surface area contributed by atoms with E-state index in [1.807, 2.05) is 0 Å². The number of halogens is 2. The van der Waals surface area contributed by atoms with Crippen molar-refractivity contribution in [1.82, 2.24) is 0 Å². The van der Waals surface area contributed by atoms with Crippen molar-refractivity contribution >= 4 is 43.1 Å². The Morgan fingerprint density at radius 3 is 1.92 bits per heavy atom. The third-order valence-corrected chi connectivity index (χ3v) is 10.8. The van der Waals surface area contributed by atoms with E-state index in [-0.39, 0.29) is 0 Å². The quantitative estimate of drug-likeness (QED) is 0.146. The van der Waals surface area contributed by atoms with E-state index in [1.165, 1.54) is 91.7 Å². The van der Waals surface area contributed by atoms with E-state index in [1.54, 1.807) is 0 Å². The summed E-state index contributed by atoms with van der Waals surface area (Å²) in [5.41, 5.74) is 13.3. The van der Waals surface area contributed by atoms with Crippen LogP contribution in [-0.2, 0) is 19.3 Å². The van der Waals surface area contributed by atoms with E-state index < -0.39 is 0 Å². The van der Waals surface area contributed by atoms with Crippen LogP contribution in [0.1, 0.15) is 66.0 Å². The summed E-state index contributed by atoms with van der Waals surface area (Å²) >= 11 is 14.5. The van der Waals surface area contributed by atoms with E-state index in [2.05, 4.69) is 74.5 Å². The van der Waals surface area contributed by atoms with Crippen LogP contribution in [0, 0.1) is 6.92 Å². The molecule has 0 saturated heterocycles. The molecule has 0 aliphatic heterocycles. The number of hydrogen-bond acceptors (Lipinski definition) is 0. The molecule has 180 valence electrons. The molecule has 4 aromatic rings. The molecule has 6 rings (SSSR count). The molecular weight excluding hydrogens is 495 g/mol. The van der Waals surface area contributed by atoms with Crippen molar-refractivity contribution in [3.05, 3.63) is 104 Å². The third kappa shape index (κ3) is 4.06. The molecule has 2 aliphatic rings. The molecular formula is C33H30Cl2Si. The van der Waals surface area contributed by atoms with Crippen molar-refractivity contribution in [2.45, 2.75) is 58.8 Å². The van der Waals surface area contributed by atoms with E-state index in [0.717, 1.165) is 29.3 Å².